The molecule has 1 unspecified atom stereocenters. The Morgan fingerprint density at radius 2 is 1.66 bits per heavy atom. The third kappa shape index (κ3) is 4.13. The van der Waals surface area contributed by atoms with E-state index in [0.717, 1.165) is 12.1 Å². The lowest BCUT2D eigenvalue weighted by Gasteiger charge is -2.32. The van der Waals surface area contributed by atoms with Crippen molar-refractivity contribution < 1.29 is 26.3 Å². The Balaban J connectivity index is 2.04. The fourth-order valence-corrected chi connectivity index (χ4v) is 5.06. The minimum Gasteiger partial charge on any atom is -0.347 e. The van der Waals surface area contributed by atoms with Gasteiger partial charge in [-0.1, -0.05) is 34.8 Å². The van der Waals surface area contributed by atoms with Gasteiger partial charge >= 0.3 is 12.4 Å². The molecule has 13 heteroatoms. The summed E-state index contributed by atoms with van der Waals surface area (Å²) in [7, 11) is 0. The van der Waals surface area contributed by atoms with E-state index in [2.05, 4.69) is 4.98 Å². The first-order valence-electron chi connectivity index (χ1n) is 7.89. The van der Waals surface area contributed by atoms with Gasteiger partial charge < -0.3 is 4.90 Å². The van der Waals surface area contributed by atoms with Crippen LogP contribution in [0.4, 0.5) is 31.5 Å². The second-order valence-electron chi connectivity index (χ2n) is 6.40. The topological polar surface area (TPSA) is 16.1 Å². The van der Waals surface area contributed by atoms with E-state index in [-0.39, 0.29) is 37.2 Å². The Hall–Kier alpha value is -0.610. The smallest absolute Gasteiger partial charge is 0.347 e. The lowest BCUT2D eigenvalue weighted by molar-refractivity contribution is -0.184. The van der Waals surface area contributed by atoms with Crippen LogP contribution in [0.15, 0.2) is 12.1 Å². The van der Waals surface area contributed by atoms with Crippen LogP contribution in [0.3, 0.4) is 0 Å². The van der Waals surface area contributed by atoms with Crippen LogP contribution in [0.25, 0.3) is 0 Å². The van der Waals surface area contributed by atoms with E-state index in [1.165, 1.54) is 4.90 Å². The van der Waals surface area contributed by atoms with Crippen LogP contribution >= 0.6 is 57.7 Å². The Bertz CT molecular complexity index is 906. The molecule has 0 radical (unpaired) electrons. The van der Waals surface area contributed by atoms with Crippen molar-refractivity contribution >= 4 is 62.9 Å². The molecule has 3 rings (SSSR count). The van der Waals surface area contributed by atoms with Crippen molar-refractivity contribution in [3.8, 4) is 0 Å². The van der Waals surface area contributed by atoms with Gasteiger partial charge in [-0.25, -0.2) is 4.98 Å². The molecule has 0 spiro atoms. The van der Waals surface area contributed by atoms with Gasteiger partial charge in [-0.05, 0) is 24.1 Å². The number of alkyl halides is 7. The molecule has 0 saturated carbocycles. The monoisotopic (exact) mass is 516 g/mol. The van der Waals surface area contributed by atoms with Gasteiger partial charge in [-0.3, -0.25) is 0 Å². The number of aromatic nitrogens is 1. The molecular formula is C16H10Cl4F6N2S. The van der Waals surface area contributed by atoms with Gasteiger partial charge in [-0.2, -0.15) is 26.3 Å². The minimum absolute atomic E-state index is 0.0780. The summed E-state index contributed by atoms with van der Waals surface area (Å²) < 4.78 is 81.7. The van der Waals surface area contributed by atoms with Crippen molar-refractivity contribution in [2.75, 3.05) is 18.0 Å². The number of hydrogen-bond acceptors (Lipinski definition) is 3. The zero-order valence-electron chi connectivity index (χ0n) is 14.1. The van der Waals surface area contributed by atoms with Crippen LogP contribution in [-0.4, -0.2) is 24.2 Å². The molecular weight excluding hydrogens is 508 g/mol. The molecule has 0 N–H and O–H groups in total. The summed E-state index contributed by atoms with van der Waals surface area (Å²) in [6, 6.07) is 2.17. The average Bonchev–Trinajstić information content (AvgIpc) is 3.23. The number of benzene rings is 1. The molecule has 1 aliphatic heterocycles. The van der Waals surface area contributed by atoms with E-state index in [1.54, 1.807) is 0 Å². The Labute approximate surface area is 185 Å². The van der Waals surface area contributed by atoms with Crippen LogP contribution in [0, 0.1) is 0 Å². The van der Waals surface area contributed by atoms with Gasteiger partial charge in [0.05, 0.1) is 25.8 Å². The Morgan fingerprint density at radius 3 is 2.10 bits per heavy atom. The molecule has 29 heavy (non-hydrogen) atoms. The van der Waals surface area contributed by atoms with Crippen molar-refractivity contribution in [2.24, 2.45) is 0 Å². The van der Waals surface area contributed by atoms with Crippen LogP contribution in [0.1, 0.15) is 22.6 Å². The van der Waals surface area contributed by atoms with E-state index >= 15 is 0 Å². The second-order valence-corrected chi connectivity index (χ2v) is 8.93. The van der Waals surface area contributed by atoms with Gasteiger partial charge in [0.25, 0.3) is 0 Å². The standard InChI is InChI=1S/C16H10Cl4F6N2S/c17-5-10-12(15(21,22)23)27-13(29-10)28-2-1-14(6-28,16(24,25)26)7-3-8(18)11(20)9(19)4-7/h3-4H,1-2,5-6H2. The highest BCUT2D eigenvalue weighted by Gasteiger charge is 2.59. The van der Waals surface area contributed by atoms with E-state index in [4.69, 9.17) is 46.4 Å². The lowest BCUT2D eigenvalue weighted by atomic mass is 9.79. The van der Waals surface area contributed by atoms with Crippen molar-refractivity contribution in [1.82, 2.24) is 4.98 Å². The fraction of sp³-hybridized carbons (Fsp3) is 0.438. The Morgan fingerprint density at radius 1 is 1.07 bits per heavy atom. The maximum Gasteiger partial charge on any atom is 0.434 e. The normalized spacial score (nSPS) is 20.6. The van der Waals surface area contributed by atoms with E-state index in [9.17, 15) is 26.3 Å². The first-order chi connectivity index (χ1) is 13.3. The molecule has 1 atom stereocenters. The van der Waals surface area contributed by atoms with Crippen molar-refractivity contribution in [1.29, 1.82) is 0 Å². The molecule has 1 saturated heterocycles. The molecule has 2 nitrogen and oxygen atoms in total. The molecule has 1 aromatic heterocycles. The average molecular weight is 518 g/mol. The van der Waals surface area contributed by atoms with Crippen molar-refractivity contribution in [3.63, 3.8) is 0 Å². The summed E-state index contributed by atoms with van der Waals surface area (Å²) in [5, 5.41) is -0.542. The van der Waals surface area contributed by atoms with E-state index in [1.807, 2.05) is 0 Å². The molecule has 0 amide bonds. The highest BCUT2D eigenvalue weighted by Crippen LogP contribution is 2.51. The van der Waals surface area contributed by atoms with E-state index < -0.39 is 42.3 Å². The molecule has 0 aliphatic carbocycles. The summed E-state index contributed by atoms with van der Waals surface area (Å²) >= 11 is 23.8. The van der Waals surface area contributed by atoms with Gasteiger partial charge in [0.1, 0.15) is 5.41 Å². The predicted molar refractivity (Wildman–Crippen MR) is 103 cm³/mol. The highest BCUT2D eigenvalue weighted by atomic mass is 35.5. The number of halogens is 10. The van der Waals surface area contributed by atoms with Crippen LogP contribution in [0.2, 0.25) is 15.1 Å². The van der Waals surface area contributed by atoms with Gasteiger partial charge in [-0.15, -0.1) is 22.9 Å². The van der Waals surface area contributed by atoms with Crippen LogP contribution < -0.4 is 4.90 Å². The van der Waals surface area contributed by atoms with Gasteiger partial charge in [0, 0.05) is 13.1 Å². The quantitative estimate of drug-likeness (QED) is 0.237. The number of rotatable bonds is 3. The molecule has 1 aliphatic rings. The number of anilines is 1. The molecule has 2 heterocycles. The minimum atomic E-state index is -4.75. The number of hydrogen-bond donors (Lipinski definition) is 0. The predicted octanol–water partition coefficient (Wildman–Crippen LogP) is 7.57. The molecule has 160 valence electrons. The summed E-state index contributed by atoms with van der Waals surface area (Å²) in [5.74, 6) is -0.451. The zero-order chi connectivity index (χ0) is 21.8. The fourth-order valence-electron chi connectivity index (χ4n) is 3.22. The molecule has 1 aromatic carbocycles. The zero-order valence-corrected chi connectivity index (χ0v) is 17.9. The summed E-state index contributed by atoms with van der Waals surface area (Å²) in [5.41, 5.74) is -3.79. The van der Waals surface area contributed by atoms with E-state index in [0.29, 0.717) is 11.3 Å². The Kier molecular flexibility index (Phi) is 6.22. The maximum atomic E-state index is 14.1. The third-order valence-corrected chi connectivity index (χ3v) is 7.43. The largest absolute Gasteiger partial charge is 0.434 e. The summed E-state index contributed by atoms with van der Waals surface area (Å²) in [6.45, 7) is -0.804. The van der Waals surface area contributed by atoms with Crippen molar-refractivity contribution in [3.05, 3.63) is 43.3 Å². The molecule has 0 bridgehead atoms. The van der Waals surface area contributed by atoms with Gasteiger partial charge in [0.2, 0.25) is 0 Å². The third-order valence-electron chi connectivity index (χ3n) is 4.69. The highest BCUT2D eigenvalue weighted by molar-refractivity contribution is 7.16. The summed E-state index contributed by atoms with van der Waals surface area (Å²) in [4.78, 5) is 4.43. The molecule has 2 aromatic rings. The van der Waals surface area contributed by atoms with Crippen molar-refractivity contribution in [2.45, 2.75) is 30.1 Å². The van der Waals surface area contributed by atoms with Crippen LogP contribution in [0.5, 0.6) is 0 Å². The lowest BCUT2D eigenvalue weighted by Crippen LogP contribution is -2.44. The first-order valence-corrected chi connectivity index (χ1v) is 10.4. The van der Waals surface area contributed by atoms with Gasteiger partial charge in [0.15, 0.2) is 10.8 Å². The SMILES string of the molecule is FC(F)(F)c1nc(N2CCC(c3cc(Cl)c(Cl)c(Cl)c3)(C(F)(F)F)C2)sc1CCl. The maximum absolute atomic E-state index is 14.1. The number of nitrogens with zero attached hydrogens (tertiary/aromatic N) is 2. The number of thiazole rings is 1. The molecule has 1 fully saturated rings. The first kappa shape index (κ1) is 23.1. The van der Waals surface area contributed by atoms with Crippen LogP contribution in [-0.2, 0) is 17.5 Å². The summed E-state index contributed by atoms with van der Waals surface area (Å²) in [6.07, 6.45) is -9.89. The second kappa shape index (κ2) is 7.82.